The number of para-hydroxylation sites is 2. The maximum Gasteiger partial charge on any atom is 0.159 e. The zero-order chi connectivity index (χ0) is 12.7. The minimum absolute atomic E-state index is 0.0587. The summed E-state index contributed by atoms with van der Waals surface area (Å²) in [5.74, 6) is 0.661. The number of anilines is 1. The van der Waals surface area contributed by atoms with E-state index in [1.165, 1.54) is 11.8 Å². The number of allylic oxidation sites excluding steroid dienone is 1. The molecule has 4 nitrogen and oxygen atoms in total. The van der Waals surface area contributed by atoms with Gasteiger partial charge in [-0.3, -0.25) is 0 Å². The van der Waals surface area contributed by atoms with Crippen LogP contribution in [-0.4, -0.2) is 13.4 Å². The second kappa shape index (κ2) is 6.47. The molecule has 0 heterocycles. The van der Waals surface area contributed by atoms with Gasteiger partial charge in [0.15, 0.2) is 5.57 Å². The summed E-state index contributed by atoms with van der Waals surface area (Å²) in [4.78, 5) is 0. The van der Waals surface area contributed by atoms with Gasteiger partial charge in [0.1, 0.15) is 22.9 Å². The summed E-state index contributed by atoms with van der Waals surface area (Å²) in [6.07, 6.45) is 1.80. The summed E-state index contributed by atoms with van der Waals surface area (Å²) in [6, 6.07) is 11.0. The topological polar surface area (TPSA) is 68.8 Å². The predicted octanol–water partition coefficient (Wildman–Crippen LogP) is 2.73. The number of ether oxygens (including phenoxy) is 1. The van der Waals surface area contributed by atoms with Gasteiger partial charge in [-0.1, -0.05) is 12.1 Å². The normalized spacial score (nSPS) is 8.71. The molecule has 0 saturated carbocycles. The highest BCUT2D eigenvalue weighted by molar-refractivity contribution is 8.02. The molecule has 1 N–H and O–H groups in total. The van der Waals surface area contributed by atoms with Crippen LogP contribution in [0.25, 0.3) is 0 Å². The molecule has 17 heavy (non-hydrogen) atoms. The van der Waals surface area contributed by atoms with Crippen molar-refractivity contribution in [1.29, 1.82) is 10.5 Å². The van der Waals surface area contributed by atoms with Crippen LogP contribution >= 0.6 is 11.8 Å². The van der Waals surface area contributed by atoms with Gasteiger partial charge in [-0.15, -0.1) is 11.8 Å². The molecular weight excluding hydrogens is 234 g/mol. The van der Waals surface area contributed by atoms with Crippen LogP contribution in [0.2, 0.25) is 0 Å². The van der Waals surface area contributed by atoms with Crippen molar-refractivity contribution in [2.75, 3.05) is 18.7 Å². The van der Waals surface area contributed by atoms with E-state index in [0.717, 1.165) is 5.69 Å². The van der Waals surface area contributed by atoms with Gasteiger partial charge < -0.3 is 10.1 Å². The van der Waals surface area contributed by atoms with Crippen molar-refractivity contribution in [3.8, 4) is 17.9 Å². The number of thioether (sulfide) groups is 1. The fourth-order valence-electron chi connectivity index (χ4n) is 1.21. The van der Waals surface area contributed by atoms with Crippen LogP contribution in [0.4, 0.5) is 5.69 Å². The molecule has 0 spiro atoms. The summed E-state index contributed by atoms with van der Waals surface area (Å²) in [5.41, 5.74) is 0.783. The number of benzene rings is 1. The molecular formula is C12H11N3OS. The minimum atomic E-state index is 0.0587. The van der Waals surface area contributed by atoms with Gasteiger partial charge in [-0.25, -0.2) is 0 Å². The highest BCUT2D eigenvalue weighted by atomic mass is 32.2. The zero-order valence-electron chi connectivity index (χ0n) is 9.52. The molecule has 0 fully saturated rings. The Morgan fingerprint density at radius 3 is 2.47 bits per heavy atom. The first kappa shape index (κ1) is 13.0. The lowest BCUT2D eigenvalue weighted by Crippen LogP contribution is -2.00. The molecule has 1 aromatic carbocycles. The molecule has 0 radical (unpaired) electrons. The molecule has 1 aromatic rings. The first-order valence-corrected chi connectivity index (χ1v) is 5.97. The molecule has 0 atom stereocenters. The molecule has 0 amide bonds. The Bertz CT molecular complexity index is 495. The van der Waals surface area contributed by atoms with E-state index in [1.54, 1.807) is 19.4 Å². The van der Waals surface area contributed by atoms with E-state index in [-0.39, 0.29) is 5.57 Å². The third-order valence-electron chi connectivity index (χ3n) is 2.01. The van der Waals surface area contributed by atoms with Crippen molar-refractivity contribution < 1.29 is 4.74 Å². The van der Waals surface area contributed by atoms with Gasteiger partial charge in [0.05, 0.1) is 12.8 Å². The highest BCUT2D eigenvalue weighted by Gasteiger charge is 2.08. The van der Waals surface area contributed by atoms with E-state index in [1.807, 2.05) is 30.3 Å². The standard InChI is InChI=1S/C12H11N3OS/c1-16-11-6-4-3-5-10(11)15-12(17-2)9(7-13)8-14/h3-6,15H,1-2H3. The largest absolute Gasteiger partial charge is 0.495 e. The first-order valence-electron chi connectivity index (χ1n) is 4.75. The van der Waals surface area contributed by atoms with Crippen LogP contribution in [-0.2, 0) is 0 Å². The van der Waals surface area contributed by atoms with Gasteiger partial charge in [0.2, 0.25) is 0 Å². The second-order valence-corrected chi connectivity index (χ2v) is 3.77. The van der Waals surface area contributed by atoms with Crippen LogP contribution in [0, 0.1) is 22.7 Å². The number of hydrogen-bond acceptors (Lipinski definition) is 5. The maximum atomic E-state index is 8.82. The molecule has 0 aliphatic rings. The molecule has 0 aliphatic heterocycles. The van der Waals surface area contributed by atoms with Crippen molar-refractivity contribution in [2.45, 2.75) is 0 Å². The van der Waals surface area contributed by atoms with E-state index in [9.17, 15) is 0 Å². The van der Waals surface area contributed by atoms with Gasteiger partial charge in [-0.05, 0) is 18.4 Å². The molecule has 0 bridgehead atoms. The van der Waals surface area contributed by atoms with Gasteiger partial charge >= 0.3 is 0 Å². The third kappa shape index (κ3) is 3.17. The molecule has 0 aliphatic carbocycles. The average molecular weight is 245 g/mol. The quantitative estimate of drug-likeness (QED) is 0.826. The Morgan fingerprint density at radius 2 is 1.94 bits per heavy atom. The molecule has 1 rings (SSSR count). The van der Waals surface area contributed by atoms with E-state index in [4.69, 9.17) is 15.3 Å². The van der Waals surface area contributed by atoms with Crippen LogP contribution in [0.15, 0.2) is 34.9 Å². The number of nitrogens with zero attached hydrogens (tertiary/aromatic N) is 2. The van der Waals surface area contributed by atoms with E-state index >= 15 is 0 Å². The Hall–Kier alpha value is -2.11. The lowest BCUT2D eigenvalue weighted by Gasteiger charge is -2.12. The van der Waals surface area contributed by atoms with Crippen LogP contribution in [0.3, 0.4) is 0 Å². The van der Waals surface area contributed by atoms with Gasteiger partial charge in [0.25, 0.3) is 0 Å². The fraction of sp³-hybridized carbons (Fsp3) is 0.167. The number of nitriles is 2. The Balaban J connectivity index is 3.09. The van der Waals surface area contributed by atoms with Gasteiger partial charge in [0, 0.05) is 0 Å². The number of hydrogen-bond donors (Lipinski definition) is 1. The monoisotopic (exact) mass is 245 g/mol. The molecule has 0 unspecified atom stereocenters. The van der Waals surface area contributed by atoms with Crippen LogP contribution < -0.4 is 10.1 Å². The summed E-state index contributed by atoms with van der Waals surface area (Å²) in [5, 5.41) is 21.2. The predicted molar refractivity (Wildman–Crippen MR) is 68.4 cm³/mol. The Morgan fingerprint density at radius 1 is 1.29 bits per heavy atom. The van der Waals surface area contributed by atoms with Crippen molar-refractivity contribution in [3.05, 3.63) is 34.9 Å². The van der Waals surface area contributed by atoms with Crippen molar-refractivity contribution >= 4 is 17.4 Å². The van der Waals surface area contributed by atoms with E-state index in [0.29, 0.717) is 10.8 Å². The molecule has 0 saturated heterocycles. The van der Waals surface area contributed by atoms with E-state index < -0.39 is 0 Å². The van der Waals surface area contributed by atoms with Crippen molar-refractivity contribution in [1.82, 2.24) is 0 Å². The van der Waals surface area contributed by atoms with Gasteiger partial charge in [-0.2, -0.15) is 10.5 Å². The smallest absolute Gasteiger partial charge is 0.159 e. The zero-order valence-corrected chi connectivity index (χ0v) is 10.3. The van der Waals surface area contributed by atoms with Crippen molar-refractivity contribution in [3.63, 3.8) is 0 Å². The summed E-state index contributed by atoms with van der Waals surface area (Å²) in [7, 11) is 1.57. The molecule has 5 heteroatoms. The first-order chi connectivity index (χ1) is 8.26. The summed E-state index contributed by atoms with van der Waals surface area (Å²) < 4.78 is 5.18. The summed E-state index contributed by atoms with van der Waals surface area (Å²) in [6.45, 7) is 0. The minimum Gasteiger partial charge on any atom is -0.495 e. The third-order valence-corrected chi connectivity index (χ3v) is 2.72. The summed E-state index contributed by atoms with van der Waals surface area (Å²) >= 11 is 1.31. The number of methoxy groups -OCH3 is 1. The lowest BCUT2D eigenvalue weighted by atomic mass is 10.3. The molecule has 0 aromatic heterocycles. The van der Waals surface area contributed by atoms with Crippen LogP contribution in [0.1, 0.15) is 0 Å². The Kier molecular flexibility index (Phi) is 4.93. The van der Waals surface area contributed by atoms with E-state index in [2.05, 4.69) is 5.32 Å². The maximum absolute atomic E-state index is 8.82. The van der Waals surface area contributed by atoms with Crippen molar-refractivity contribution in [2.24, 2.45) is 0 Å². The SMILES string of the molecule is COc1ccccc1NC(SC)=C(C#N)C#N. The Labute approximate surface area is 105 Å². The second-order valence-electron chi connectivity index (χ2n) is 2.96. The fourth-order valence-corrected chi connectivity index (χ4v) is 1.72. The average Bonchev–Trinajstić information content (AvgIpc) is 2.39. The molecule has 86 valence electrons. The number of rotatable bonds is 4. The lowest BCUT2D eigenvalue weighted by molar-refractivity contribution is 0.417. The number of nitrogens with one attached hydrogen (secondary N) is 1. The van der Waals surface area contributed by atoms with Crippen LogP contribution in [0.5, 0.6) is 5.75 Å². The highest BCUT2D eigenvalue weighted by Crippen LogP contribution is 2.28.